The molecule has 2 nitrogen and oxygen atoms in total. The van der Waals surface area contributed by atoms with Gasteiger partial charge in [0.05, 0.1) is 0 Å². The first-order valence-corrected chi connectivity index (χ1v) is 6.22. The number of piperazine rings is 1. The van der Waals surface area contributed by atoms with Crippen LogP contribution in [-0.2, 0) is 0 Å². The van der Waals surface area contributed by atoms with Gasteiger partial charge < -0.3 is 5.32 Å². The maximum atomic E-state index is 3.79. The van der Waals surface area contributed by atoms with Crippen molar-refractivity contribution in [2.45, 2.75) is 71.6 Å². The predicted molar refractivity (Wildman–Crippen MR) is 65.0 cm³/mol. The Labute approximate surface area is 94.4 Å². The first kappa shape index (κ1) is 11.4. The van der Waals surface area contributed by atoms with Crippen LogP contribution in [0, 0.1) is 5.41 Å². The molecule has 2 aliphatic heterocycles. The number of nitrogens with zero attached hydrogens (tertiary/aromatic N) is 1. The van der Waals surface area contributed by atoms with Crippen molar-refractivity contribution in [3.05, 3.63) is 0 Å². The van der Waals surface area contributed by atoms with Crippen molar-refractivity contribution < 1.29 is 0 Å². The van der Waals surface area contributed by atoms with Crippen molar-refractivity contribution in [2.75, 3.05) is 6.54 Å². The van der Waals surface area contributed by atoms with E-state index in [9.17, 15) is 0 Å². The molecular weight excluding hydrogens is 184 g/mol. The molecule has 3 atom stereocenters. The Bertz CT molecular complexity index is 222. The fourth-order valence-corrected chi connectivity index (χ4v) is 3.27. The van der Waals surface area contributed by atoms with Crippen molar-refractivity contribution in [1.82, 2.24) is 10.2 Å². The Balaban J connectivity index is 2.17. The molecule has 2 saturated heterocycles. The molecule has 0 radical (unpaired) electrons. The zero-order valence-electron chi connectivity index (χ0n) is 11.1. The lowest BCUT2D eigenvalue weighted by molar-refractivity contribution is 0.0494. The highest BCUT2D eigenvalue weighted by Crippen LogP contribution is 2.39. The standard InChI is InChI=1S/C13H26N2/c1-12(2,3)11-10-7-9(14-11)8-15(10)13(4,5)6/h9-11,14H,7-8H2,1-6H3/t9-,10-,11?/m1/s1. The summed E-state index contributed by atoms with van der Waals surface area (Å²) < 4.78 is 0. The lowest BCUT2D eigenvalue weighted by atomic mass is 9.82. The summed E-state index contributed by atoms with van der Waals surface area (Å²) in [6.07, 6.45) is 1.35. The number of likely N-dealkylation sites (tertiary alicyclic amines) is 1. The molecule has 1 unspecified atom stereocenters. The van der Waals surface area contributed by atoms with Crippen LogP contribution in [0.5, 0.6) is 0 Å². The normalized spacial score (nSPS) is 37.6. The summed E-state index contributed by atoms with van der Waals surface area (Å²) in [7, 11) is 0. The third-order valence-electron chi connectivity index (χ3n) is 3.94. The molecule has 0 aromatic carbocycles. The zero-order chi connectivity index (χ0) is 11.4. The number of rotatable bonds is 0. The molecule has 2 aliphatic rings. The fourth-order valence-electron chi connectivity index (χ4n) is 3.27. The molecule has 88 valence electrons. The van der Waals surface area contributed by atoms with Crippen LogP contribution in [0.15, 0.2) is 0 Å². The summed E-state index contributed by atoms with van der Waals surface area (Å²) in [6.45, 7) is 15.3. The second-order valence-electron chi connectivity index (χ2n) is 7.33. The molecule has 2 rings (SSSR count). The maximum absolute atomic E-state index is 3.79. The average molecular weight is 210 g/mol. The number of fused-ring (bicyclic) bond motifs is 2. The smallest absolute Gasteiger partial charge is 0.0275 e. The third-order valence-corrected chi connectivity index (χ3v) is 3.94. The summed E-state index contributed by atoms with van der Waals surface area (Å²) in [5, 5.41) is 3.79. The summed E-state index contributed by atoms with van der Waals surface area (Å²) in [5.41, 5.74) is 0.703. The highest BCUT2D eigenvalue weighted by atomic mass is 15.3. The van der Waals surface area contributed by atoms with Gasteiger partial charge in [0.2, 0.25) is 0 Å². The molecule has 2 heteroatoms. The minimum atomic E-state index is 0.324. The summed E-state index contributed by atoms with van der Waals surface area (Å²) in [6, 6.07) is 2.14. The highest BCUT2D eigenvalue weighted by Gasteiger charge is 2.51. The molecule has 0 aromatic rings. The third kappa shape index (κ3) is 1.94. The van der Waals surface area contributed by atoms with Crippen LogP contribution in [0.1, 0.15) is 48.0 Å². The van der Waals surface area contributed by atoms with Crippen molar-refractivity contribution in [2.24, 2.45) is 5.41 Å². The molecule has 0 spiro atoms. The van der Waals surface area contributed by atoms with Gasteiger partial charge in [-0.05, 0) is 32.6 Å². The van der Waals surface area contributed by atoms with Crippen LogP contribution < -0.4 is 5.32 Å². The van der Waals surface area contributed by atoms with Crippen LogP contribution >= 0.6 is 0 Å². The van der Waals surface area contributed by atoms with Gasteiger partial charge >= 0.3 is 0 Å². The minimum Gasteiger partial charge on any atom is -0.308 e. The first-order valence-electron chi connectivity index (χ1n) is 6.22. The molecule has 0 aromatic heterocycles. The molecule has 0 saturated carbocycles. The maximum Gasteiger partial charge on any atom is 0.0275 e. The minimum absolute atomic E-state index is 0.324. The second kappa shape index (κ2) is 3.21. The Morgan fingerprint density at radius 2 is 1.67 bits per heavy atom. The molecular formula is C13H26N2. The summed E-state index contributed by atoms with van der Waals surface area (Å²) >= 11 is 0. The lowest BCUT2D eigenvalue weighted by Gasteiger charge is -2.46. The van der Waals surface area contributed by atoms with E-state index in [2.05, 4.69) is 51.8 Å². The zero-order valence-corrected chi connectivity index (χ0v) is 11.1. The lowest BCUT2D eigenvalue weighted by Crippen LogP contribution is -2.60. The Hall–Kier alpha value is -0.0800. The topological polar surface area (TPSA) is 15.3 Å². The van der Waals surface area contributed by atoms with E-state index in [-0.39, 0.29) is 0 Å². The van der Waals surface area contributed by atoms with Crippen LogP contribution in [0.3, 0.4) is 0 Å². The van der Waals surface area contributed by atoms with Crippen molar-refractivity contribution in [3.8, 4) is 0 Å². The molecule has 2 bridgehead atoms. The Morgan fingerprint density at radius 3 is 2.07 bits per heavy atom. The van der Waals surface area contributed by atoms with Gasteiger partial charge in [-0.1, -0.05) is 20.8 Å². The van der Waals surface area contributed by atoms with E-state index in [0.29, 0.717) is 17.0 Å². The van der Waals surface area contributed by atoms with Gasteiger partial charge in [-0.2, -0.15) is 0 Å². The van der Waals surface area contributed by atoms with Crippen molar-refractivity contribution in [1.29, 1.82) is 0 Å². The second-order valence-corrected chi connectivity index (χ2v) is 7.33. The summed E-state index contributed by atoms with van der Waals surface area (Å²) in [4.78, 5) is 2.70. The van der Waals surface area contributed by atoms with Gasteiger partial charge in [0.15, 0.2) is 0 Å². The van der Waals surface area contributed by atoms with Gasteiger partial charge in [-0.15, -0.1) is 0 Å². The molecule has 2 heterocycles. The van der Waals surface area contributed by atoms with Crippen molar-refractivity contribution >= 4 is 0 Å². The van der Waals surface area contributed by atoms with Gasteiger partial charge in [-0.25, -0.2) is 0 Å². The average Bonchev–Trinajstić information content (AvgIpc) is 2.57. The van der Waals surface area contributed by atoms with E-state index in [1.807, 2.05) is 0 Å². The Kier molecular flexibility index (Phi) is 2.44. The molecule has 15 heavy (non-hydrogen) atoms. The van der Waals surface area contributed by atoms with Gasteiger partial charge in [0.1, 0.15) is 0 Å². The van der Waals surface area contributed by atoms with Crippen LogP contribution in [0.2, 0.25) is 0 Å². The van der Waals surface area contributed by atoms with Crippen LogP contribution in [0.25, 0.3) is 0 Å². The largest absolute Gasteiger partial charge is 0.308 e. The molecule has 1 N–H and O–H groups in total. The summed E-state index contributed by atoms with van der Waals surface area (Å²) in [5.74, 6) is 0. The van der Waals surface area contributed by atoms with Gasteiger partial charge in [0, 0.05) is 30.2 Å². The quantitative estimate of drug-likeness (QED) is 0.659. The van der Waals surface area contributed by atoms with Crippen LogP contribution in [0.4, 0.5) is 0 Å². The van der Waals surface area contributed by atoms with E-state index in [1.54, 1.807) is 0 Å². The highest BCUT2D eigenvalue weighted by molar-refractivity contribution is 5.10. The fraction of sp³-hybridized carbons (Fsp3) is 1.00. The van der Waals surface area contributed by atoms with E-state index < -0.39 is 0 Å². The van der Waals surface area contributed by atoms with Gasteiger partial charge in [0.25, 0.3) is 0 Å². The first-order chi connectivity index (χ1) is 6.69. The van der Waals surface area contributed by atoms with E-state index in [0.717, 1.165) is 12.1 Å². The molecule has 0 amide bonds. The van der Waals surface area contributed by atoms with E-state index in [1.165, 1.54) is 13.0 Å². The number of hydrogen-bond donors (Lipinski definition) is 1. The van der Waals surface area contributed by atoms with Crippen molar-refractivity contribution in [3.63, 3.8) is 0 Å². The van der Waals surface area contributed by atoms with Crippen LogP contribution in [-0.4, -0.2) is 35.1 Å². The number of nitrogens with one attached hydrogen (secondary N) is 1. The molecule has 2 fully saturated rings. The number of hydrogen-bond acceptors (Lipinski definition) is 2. The SMILES string of the molecule is CC(C)(C)C1N[C@@H]2C[C@H]1N(C(C)(C)C)C2. The monoisotopic (exact) mass is 210 g/mol. The molecule has 0 aliphatic carbocycles. The predicted octanol–water partition coefficient (Wildman–Crippen LogP) is 2.25. The Morgan fingerprint density at radius 1 is 1.07 bits per heavy atom. The van der Waals surface area contributed by atoms with E-state index >= 15 is 0 Å². The van der Waals surface area contributed by atoms with E-state index in [4.69, 9.17) is 0 Å². The van der Waals surface area contributed by atoms with Gasteiger partial charge in [-0.3, -0.25) is 4.90 Å².